The molecule has 116 valence electrons. The molecule has 1 amide bonds. The number of amides is 1. The van der Waals surface area contributed by atoms with Gasteiger partial charge >= 0.3 is 0 Å². The number of carbonyl (C=O) groups is 1. The first-order valence-corrected chi connectivity index (χ1v) is 8.66. The van der Waals surface area contributed by atoms with Gasteiger partial charge in [0, 0.05) is 19.0 Å². The molecule has 0 atom stereocenters. The van der Waals surface area contributed by atoms with Crippen molar-refractivity contribution in [2.75, 3.05) is 24.2 Å². The second-order valence-electron chi connectivity index (χ2n) is 5.12. The molecule has 0 aromatic heterocycles. The molecule has 1 N–H and O–H groups in total. The average Bonchev–Trinajstić information content (AvgIpc) is 3.22. The minimum absolute atomic E-state index is 0.111. The van der Waals surface area contributed by atoms with Crippen LogP contribution in [0.2, 0.25) is 0 Å². The molecule has 0 bridgehead atoms. The maximum atomic E-state index is 11.9. The standard InChI is InChI=1S/C14H20N2O4S/c1-20-13-7-5-12(6-8-13)16(21(2,18)19)10-9-14(17)15-11-3-4-11/h5-8,11H,3-4,9-10H2,1-2H3,(H,15,17). The fourth-order valence-corrected chi connectivity index (χ4v) is 2.89. The molecule has 0 unspecified atom stereocenters. The lowest BCUT2D eigenvalue weighted by atomic mass is 10.3. The van der Waals surface area contributed by atoms with Gasteiger partial charge < -0.3 is 10.1 Å². The maximum absolute atomic E-state index is 11.9. The Morgan fingerprint density at radius 3 is 2.43 bits per heavy atom. The molecule has 1 saturated carbocycles. The third-order valence-corrected chi connectivity index (χ3v) is 4.44. The molecule has 21 heavy (non-hydrogen) atoms. The van der Waals surface area contributed by atoms with Crippen LogP contribution in [0.15, 0.2) is 24.3 Å². The lowest BCUT2D eigenvalue weighted by molar-refractivity contribution is -0.121. The van der Waals surface area contributed by atoms with Crippen LogP contribution in [0.25, 0.3) is 0 Å². The zero-order valence-corrected chi connectivity index (χ0v) is 13.0. The predicted molar refractivity (Wildman–Crippen MR) is 81.0 cm³/mol. The van der Waals surface area contributed by atoms with Gasteiger partial charge in [-0.25, -0.2) is 8.42 Å². The molecule has 1 fully saturated rings. The van der Waals surface area contributed by atoms with Gasteiger partial charge in [-0.1, -0.05) is 0 Å². The summed E-state index contributed by atoms with van der Waals surface area (Å²) in [7, 11) is -1.89. The molecular formula is C14H20N2O4S. The SMILES string of the molecule is COc1ccc(N(CCC(=O)NC2CC2)S(C)(=O)=O)cc1. The van der Waals surface area contributed by atoms with Gasteiger partial charge in [0.05, 0.1) is 19.1 Å². The van der Waals surface area contributed by atoms with Gasteiger partial charge in [0.1, 0.15) is 5.75 Å². The first-order chi connectivity index (χ1) is 9.90. The largest absolute Gasteiger partial charge is 0.497 e. The van der Waals surface area contributed by atoms with E-state index in [-0.39, 0.29) is 24.9 Å². The molecule has 0 aliphatic heterocycles. The van der Waals surface area contributed by atoms with Crippen LogP contribution in [-0.2, 0) is 14.8 Å². The number of methoxy groups -OCH3 is 1. The number of nitrogens with one attached hydrogen (secondary N) is 1. The highest BCUT2D eigenvalue weighted by Gasteiger charge is 2.24. The zero-order chi connectivity index (χ0) is 15.5. The first-order valence-electron chi connectivity index (χ1n) is 6.81. The van der Waals surface area contributed by atoms with E-state index in [1.807, 2.05) is 0 Å². The highest BCUT2D eigenvalue weighted by atomic mass is 32.2. The van der Waals surface area contributed by atoms with Crippen LogP contribution >= 0.6 is 0 Å². The normalized spacial score (nSPS) is 14.6. The molecule has 6 nitrogen and oxygen atoms in total. The van der Waals surface area contributed by atoms with Crippen molar-refractivity contribution in [3.63, 3.8) is 0 Å². The van der Waals surface area contributed by atoms with Crippen LogP contribution < -0.4 is 14.4 Å². The second-order valence-corrected chi connectivity index (χ2v) is 7.03. The van der Waals surface area contributed by atoms with Gasteiger partial charge in [0.25, 0.3) is 0 Å². The molecule has 1 aliphatic rings. The van der Waals surface area contributed by atoms with Crippen molar-refractivity contribution < 1.29 is 17.9 Å². The smallest absolute Gasteiger partial charge is 0.232 e. The van der Waals surface area contributed by atoms with Crippen LogP contribution in [-0.4, -0.2) is 40.3 Å². The van der Waals surface area contributed by atoms with Crippen LogP contribution in [0.4, 0.5) is 5.69 Å². The molecule has 2 rings (SSSR count). The van der Waals surface area contributed by atoms with Gasteiger partial charge in [-0.2, -0.15) is 0 Å². The summed E-state index contributed by atoms with van der Waals surface area (Å²) in [6.07, 6.45) is 3.31. The third-order valence-electron chi connectivity index (χ3n) is 3.25. The highest BCUT2D eigenvalue weighted by Crippen LogP contribution is 2.22. The number of nitrogens with zero attached hydrogens (tertiary/aromatic N) is 1. The number of hydrogen-bond donors (Lipinski definition) is 1. The molecule has 1 aromatic rings. The van der Waals surface area contributed by atoms with Gasteiger partial charge in [-0.15, -0.1) is 0 Å². The summed E-state index contributed by atoms with van der Waals surface area (Å²) < 4.78 is 30.1. The number of carbonyl (C=O) groups excluding carboxylic acids is 1. The van der Waals surface area contributed by atoms with E-state index in [1.54, 1.807) is 31.4 Å². The van der Waals surface area contributed by atoms with E-state index < -0.39 is 10.0 Å². The Bertz CT molecular complexity index is 594. The molecule has 0 spiro atoms. The number of sulfonamides is 1. The number of hydrogen-bond acceptors (Lipinski definition) is 4. The van der Waals surface area contributed by atoms with E-state index in [4.69, 9.17) is 4.74 Å². The Kier molecular flexibility index (Phi) is 4.72. The van der Waals surface area contributed by atoms with E-state index in [0.717, 1.165) is 19.1 Å². The number of anilines is 1. The maximum Gasteiger partial charge on any atom is 0.232 e. The van der Waals surface area contributed by atoms with E-state index in [0.29, 0.717) is 11.4 Å². The topological polar surface area (TPSA) is 75.7 Å². The minimum Gasteiger partial charge on any atom is -0.497 e. The monoisotopic (exact) mass is 312 g/mol. The molecule has 0 heterocycles. The zero-order valence-electron chi connectivity index (χ0n) is 12.2. The first kappa shape index (κ1) is 15.6. The molecule has 1 aromatic carbocycles. The predicted octanol–water partition coefficient (Wildman–Crippen LogP) is 1.13. The van der Waals surface area contributed by atoms with E-state index in [9.17, 15) is 13.2 Å². The Morgan fingerprint density at radius 2 is 1.95 bits per heavy atom. The van der Waals surface area contributed by atoms with E-state index in [2.05, 4.69) is 5.32 Å². The summed E-state index contributed by atoms with van der Waals surface area (Å²) in [6.45, 7) is 0.129. The summed E-state index contributed by atoms with van der Waals surface area (Å²) >= 11 is 0. The van der Waals surface area contributed by atoms with Crippen molar-refractivity contribution in [2.45, 2.75) is 25.3 Å². The number of ether oxygens (including phenoxy) is 1. The van der Waals surface area contributed by atoms with Crippen LogP contribution in [0.1, 0.15) is 19.3 Å². The molecular weight excluding hydrogens is 292 g/mol. The quantitative estimate of drug-likeness (QED) is 0.819. The lowest BCUT2D eigenvalue weighted by Crippen LogP contribution is -2.35. The van der Waals surface area contributed by atoms with Crippen molar-refractivity contribution in [1.82, 2.24) is 5.32 Å². The lowest BCUT2D eigenvalue weighted by Gasteiger charge is -2.22. The van der Waals surface area contributed by atoms with Crippen molar-refractivity contribution in [3.05, 3.63) is 24.3 Å². The minimum atomic E-state index is -3.43. The fourth-order valence-electron chi connectivity index (χ4n) is 1.97. The number of benzene rings is 1. The van der Waals surface area contributed by atoms with E-state index >= 15 is 0 Å². The molecule has 0 radical (unpaired) electrons. The Labute approximate surface area is 125 Å². The summed E-state index contributed by atoms with van der Waals surface area (Å²) in [4.78, 5) is 11.7. The van der Waals surface area contributed by atoms with Crippen molar-refractivity contribution in [2.24, 2.45) is 0 Å². The van der Waals surface area contributed by atoms with Crippen molar-refractivity contribution in [1.29, 1.82) is 0 Å². The van der Waals surface area contributed by atoms with Crippen LogP contribution in [0.5, 0.6) is 5.75 Å². The molecule has 0 saturated heterocycles. The fraction of sp³-hybridized carbons (Fsp3) is 0.500. The average molecular weight is 312 g/mol. The van der Waals surface area contributed by atoms with Crippen LogP contribution in [0.3, 0.4) is 0 Å². The Hall–Kier alpha value is -1.76. The number of rotatable bonds is 7. The summed E-state index contributed by atoms with van der Waals surface area (Å²) in [5.74, 6) is 0.540. The third kappa shape index (κ3) is 4.63. The highest BCUT2D eigenvalue weighted by molar-refractivity contribution is 7.92. The second kappa shape index (κ2) is 6.34. The van der Waals surface area contributed by atoms with Gasteiger partial charge in [-0.05, 0) is 37.1 Å². The van der Waals surface area contributed by atoms with Crippen molar-refractivity contribution >= 4 is 21.6 Å². The Balaban J connectivity index is 2.04. The van der Waals surface area contributed by atoms with Gasteiger partial charge in [0.15, 0.2) is 0 Å². The van der Waals surface area contributed by atoms with Gasteiger partial charge in [0.2, 0.25) is 15.9 Å². The summed E-state index contributed by atoms with van der Waals surface area (Å²) in [5.41, 5.74) is 0.525. The Morgan fingerprint density at radius 1 is 1.33 bits per heavy atom. The van der Waals surface area contributed by atoms with Crippen molar-refractivity contribution in [3.8, 4) is 5.75 Å². The summed E-state index contributed by atoms with van der Waals surface area (Å²) in [6, 6.07) is 7.00. The molecule has 7 heteroatoms. The van der Waals surface area contributed by atoms with Gasteiger partial charge in [-0.3, -0.25) is 9.10 Å². The summed E-state index contributed by atoms with van der Waals surface area (Å²) in [5, 5.41) is 2.85. The van der Waals surface area contributed by atoms with E-state index in [1.165, 1.54) is 4.31 Å². The van der Waals surface area contributed by atoms with Crippen LogP contribution in [0, 0.1) is 0 Å². The molecule has 1 aliphatic carbocycles.